The molecule has 4 nitrogen and oxygen atoms in total. The van der Waals surface area contributed by atoms with Crippen LogP contribution in [0.3, 0.4) is 0 Å². The largest absolute Gasteiger partial charge is 0.342 e. The smallest absolute Gasteiger partial charge is 0.236 e. The summed E-state index contributed by atoms with van der Waals surface area (Å²) < 4.78 is 0. The Morgan fingerprint density at radius 2 is 2.05 bits per heavy atom. The first-order valence-corrected chi connectivity index (χ1v) is 8.77. The van der Waals surface area contributed by atoms with Gasteiger partial charge in [-0.15, -0.1) is 0 Å². The van der Waals surface area contributed by atoms with E-state index in [2.05, 4.69) is 17.1 Å². The number of carbonyl (C=O) groups excluding carboxylic acids is 1. The topological polar surface area (TPSA) is 35.6 Å². The molecule has 2 heterocycles. The van der Waals surface area contributed by atoms with Crippen LogP contribution in [0.5, 0.6) is 0 Å². The van der Waals surface area contributed by atoms with Crippen LogP contribution in [0.1, 0.15) is 45.4 Å². The molecule has 0 aromatic carbocycles. The van der Waals surface area contributed by atoms with Crippen molar-refractivity contribution in [2.75, 3.05) is 39.8 Å². The van der Waals surface area contributed by atoms with Crippen molar-refractivity contribution in [3.63, 3.8) is 0 Å². The van der Waals surface area contributed by atoms with Crippen molar-refractivity contribution >= 4 is 5.91 Å². The van der Waals surface area contributed by atoms with Crippen LogP contribution in [0.15, 0.2) is 0 Å². The second kappa shape index (κ2) is 6.25. The Morgan fingerprint density at radius 1 is 1.29 bits per heavy atom. The van der Waals surface area contributed by atoms with E-state index in [-0.39, 0.29) is 0 Å². The second-order valence-corrected chi connectivity index (χ2v) is 7.81. The molecule has 21 heavy (non-hydrogen) atoms. The number of amides is 1. The fraction of sp³-hybridized carbons (Fsp3) is 0.941. The Morgan fingerprint density at radius 3 is 2.71 bits per heavy atom. The highest BCUT2D eigenvalue weighted by Crippen LogP contribution is 2.36. The summed E-state index contributed by atoms with van der Waals surface area (Å²) in [5, 5.41) is 3.49. The molecule has 1 saturated carbocycles. The van der Waals surface area contributed by atoms with Gasteiger partial charge < -0.3 is 10.2 Å². The summed E-state index contributed by atoms with van der Waals surface area (Å²) in [7, 11) is 2.02. The van der Waals surface area contributed by atoms with Gasteiger partial charge in [0, 0.05) is 26.2 Å². The SMILES string of the molecule is CC1CCC(N(C)C(=O)CN2CCC3(CCNC3)C2)CC1. The third-order valence-electron chi connectivity index (χ3n) is 6.13. The van der Waals surface area contributed by atoms with Crippen LogP contribution in [-0.4, -0.2) is 61.5 Å². The Labute approximate surface area is 129 Å². The number of rotatable bonds is 3. The molecule has 2 saturated heterocycles. The predicted molar refractivity (Wildman–Crippen MR) is 85.2 cm³/mol. The summed E-state index contributed by atoms with van der Waals surface area (Å²) in [4.78, 5) is 17.0. The normalized spacial score (nSPS) is 37.2. The highest BCUT2D eigenvalue weighted by atomic mass is 16.2. The van der Waals surface area contributed by atoms with E-state index in [9.17, 15) is 4.79 Å². The number of hydrogen-bond acceptors (Lipinski definition) is 3. The van der Waals surface area contributed by atoms with E-state index in [0.717, 1.165) is 32.1 Å². The van der Waals surface area contributed by atoms with Crippen LogP contribution in [0, 0.1) is 11.3 Å². The lowest BCUT2D eigenvalue weighted by Gasteiger charge is -2.34. The van der Waals surface area contributed by atoms with E-state index in [0.29, 0.717) is 23.9 Å². The molecule has 3 rings (SSSR count). The molecule has 120 valence electrons. The molecule has 0 aromatic rings. The molecule has 3 fully saturated rings. The number of likely N-dealkylation sites (N-methyl/N-ethyl adjacent to an activating group) is 1. The Balaban J connectivity index is 1.47. The Bertz CT molecular complexity index is 370. The van der Waals surface area contributed by atoms with Gasteiger partial charge in [0.25, 0.3) is 0 Å². The third-order valence-corrected chi connectivity index (χ3v) is 6.13. The molecule has 4 heteroatoms. The molecular weight excluding hydrogens is 262 g/mol. The fourth-order valence-electron chi connectivity index (χ4n) is 4.44. The first-order valence-electron chi connectivity index (χ1n) is 8.77. The van der Waals surface area contributed by atoms with Gasteiger partial charge in [0.05, 0.1) is 6.54 Å². The third kappa shape index (κ3) is 3.42. The summed E-state index contributed by atoms with van der Waals surface area (Å²) >= 11 is 0. The number of nitrogens with one attached hydrogen (secondary N) is 1. The molecule has 0 radical (unpaired) electrons. The average molecular weight is 293 g/mol. The molecule has 1 unspecified atom stereocenters. The van der Waals surface area contributed by atoms with Crippen molar-refractivity contribution in [1.82, 2.24) is 15.1 Å². The minimum absolute atomic E-state index is 0.331. The lowest BCUT2D eigenvalue weighted by atomic mass is 9.86. The number of likely N-dealkylation sites (tertiary alicyclic amines) is 1. The maximum Gasteiger partial charge on any atom is 0.236 e. The molecule has 1 N–H and O–H groups in total. The van der Waals surface area contributed by atoms with E-state index in [4.69, 9.17) is 0 Å². The van der Waals surface area contributed by atoms with E-state index >= 15 is 0 Å². The van der Waals surface area contributed by atoms with Crippen LogP contribution < -0.4 is 5.32 Å². The van der Waals surface area contributed by atoms with Crippen LogP contribution in [0.2, 0.25) is 0 Å². The molecule has 0 aromatic heterocycles. The number of hydrogen-bond donors (Lipinski definition) is 1. The molecule has 1 amide bonds. The van der Waals surface area contributed by atoms with Crippen molar-refractivity contribution in [2.24, 2.45) is 11.3 Å². The molecule has 3 aliphatic rings. The van der Waals surface area contributed by atoms with Gasteiger partial charge in [-0.1, -0.05) is 6.92 Å². The van der Waals surface area contributed by atoms with E-state index in [1.54, 1.807) is 0 Å². The zero-order valence-electron chi connectivity index (χ0n) is 13.7. The standard InChI is InChI=1S/C17H31N3O/c1-14-3-5-15(6-4-14)19(2)16(21)11-20-10-8-17(13-20)7-9-18-12-17/h14-15,18H,3-13H2,1-2H3. The Hall–Kier alpha value is -0.610. The summed E-state index contributed by atoms with van der Waals surface area (Å²) in [6.45, 7) is 7.47. The van der Waals surface area contributed by atoms with Gasteiger partial charge in [0.2, 0.25) is 5.91 Å². The quantitative estimate of drug-likeness (QED) is 0.860. The first kappa shape index (κ1) is 15.3. The van der Waals surface area contributed by atoms with Crippen molar-refractivity contribution in [2.45, 2.75) is 51.5 Å². The molecule has 2 aliphatic heterocycles. The summed E-state index contributed by atoms with van der Waals surface area (Å²) in [5.41, 5.74) is 0.471. The predicted octanol–water partition coefficient (Wildman–Crippen LogP) is 1.71. The molecular formula is C17H31N3O. The lowest BCUT2D eigenvalue weighted by Crippen LogP contribution is -2.44. The summed E-state index contributed by atoms with van der Waals surface area (Å²) in [5.74, 6) is 1.18. The van der Waals surface area contributed by atoms with E-state index in [1.165, 1.54) is 38.5 Å². The van der Waals surface area contributed by atoms with Crippen molar-refractivity contribution in [3.8, 4) is 0 Å². The first-order chi connectivity index (χ1) is 10.1. The maximum atomic E-state index is 12.6. The minimum atomic E-state index is 0.331. The van der Waals surface area contributed by atoms with E-state index in [1.807, 2.05) is 11.9 Å². The van der Waals surface area contributed by atoms with Gasteiger partial charge >= 0.3 is 0 Å². The summed E-state index contributed by atoms with van der Waals surface area (Å²) in [6, 6.07) is 0.485. The van der Waals surface area contributed by atoms with Crippen LogP contribution >= 0.6 is 0 Å². The van der Waals surface area contributed by atoms with Crippen LogP contribution in [-0.2, 0) is 4.79 Å². The fourth-order valence-corrected chi connectivity index (χ4v) is 4.44. The van der Waals surface area contributed by atoms with E-state index < -0.39 is 0 Å². The van der Waals surface area contributed by atoms with Crippen LogP contribution in [0.4, 0.5) is 0 Å². The van der Waals surface area contributed by atoms with Gasteiger partial charge in [0.15, 0.2) is 0 Å². The molecule has 1 atom stereocenters. The second-order valence-electron chi connectivity index (χ2n) is 7.81. The zero-order valence-corrected chi connectivity index (χ0v) is 13.7. The highest BCUT2D eigenvalue weighted by Gasteiger charge is 2.41. The minimum Gasteiger partial charge on any atom is -0.342 e. The molecule has 1 spiro atoms. The van der Waals surface area contributed by atoms with Crippen LogP contribution in [0.25, 0.3) is 0 Å². The Kier molecular flexibility index (Phi) is 4.55. The molecule has 0 bridgehead atoms. The van der Waals surface area contributed by atoms with Gasteiger partial charge in [-0.05, 0) is 62.9 Å². The highest BCUT2D eigenvalue weighted by molar-refractivity contribution is 5.78. The lowest BCUT2D eigenvalue weighted by molar-refractivity contribution is -0.133. The monoisotopic (exact) mass is 293 g/mol. The van der Waals surface area contributed by atoms with Crippen molar-refractivity contribution in [3.05, 3.63) is 0 Å². The number of nitrogens with zero attached hydrogens (tertiary/aromatic N) is 2. The zero-order chi connectivity index (χ0) is 14.9. The van der Waals surface area contributed by atoms with Crippen molar-refractivity contribution in [1.29, 1.82) is 0 Å². The maximum absolute atomic E-state index is 12.6. The number of carbonyl (C=O) groups is 1. The van der Waals surface area contributed by atoms with Gasteiger partial charge in [-0.25, -0.2) is 0 Å². The van der Waals surface area contributed by atoms with Crippen molar-refractivity contribution < 1.29 is 4.79 Å². The average Bonchev–Trinajstić information content (AvgIpc) is 3.09. The van der Waals surface area contributed by atoms with Gasteiger partial charge in [-0.3, -0.25) is 9.69 Å². The van der Waals surface area contributed by atoms with Gasteiger partial charge in [0.1, 0.15) is 0 Å². The van der Waals surface area contributed by atoms with Gasteiger partial charge in [-0.2, -0.15) is 0 Å². The summed E-state index contributed by atoms with van der Waals surface area (Å²) in [6.07, 6.45) is 7.49. The molecule has 1 aliphatic carbocycles.